The fourth-order valence-electron chi connectivity index (χ4n) is 3.45. The molecule has 0 unspecified atom stereocenters. The molecule has 0 aromatic carbocycles. The molecule has 1 aliphatic rings. The molecule has 4 rings (SSSR count). The number of rotatable bonds is 5. The fraction of sp³-hybridized carbons (Fsp3) is 0.588. The van der Waals surface area contributed by atoms with Crippen LogP contribution in [0, 0.1) is 5.92 Å². The number of nitrogens with zero attached hydrogens (tertiary/aromatic N) is 4. The Balaban J connectivity index is 1.78. The second-order valence-electron chi connectivity index (χ2n) is 6.60. The topological polar surface area (TPSA) is 55.1 Å². The molecule has 0 amide bonds. The lowest BCUT2D eigenvalue weighted by Crippen LogP contribution is -2.10. The van der Waals surface area contributed by atoms with Crippen molar-refractivity contribution < 1.29 is 0 Å². The Kier molecular flexibility index (Phi) is 3.93. The summed E-state index contributed by atoms with van der Waals surface area (Å²) in [6, 6.07) is 0. The molecule has 0 radical (unpaired) electrons. The number of aromatic nitrogens is 4. The van der Waals surface area contributed by atoms with Crippen LogP contribution >= 0.6 is 11.3 Å². The predicted octanol–water partition coefficient (Wildman–Crippen LogP) is 4.07. The number of aryl methyl sites for hydroxylation is 1. The quantitative estimate of drug-likeness (QED) is 0.717. The van der Waals surface area contributed by atoms with Gasteiger partial charge < -0.3 is 5.32 Å². The van der Waals surface area contributed by atoms with E-state index in [4.69, 9.17) is 4.98 Å². The molecule has 5 nitrogen and oxygen atoms in total. The molecule has 0 saturated heterocycles. The van der Waals surface area contributed by atoms with Gasteiger partial charge in [0.25, 0.3) is 0 Å². The van der Waals surface area contributed by atoms with Crippen LogP contribution in [0.2, 0.25) is 0 Å². The van der Waals surface area contributed by atoms with E-state index in [1.54, 1.807) is 6.33 Å². The first-order valence-electron chi connectivity index (χ1n) is 8.65. The minimum Gasteiger partial charge on any atom is -0.354 e. The summed E-state index contributed by atoms with van der Waals surface area (Å²) in [5.41, 5.74) is 2.42. The lowest BCUT2D eigenvalue weighted by atomic mass is 9.89. The smallest absolute Gasteiger partial charge is 0.227 e. The molecule has 0 saturated carbocycles. The summed E-state index contributed by atoms with van der Waals surface area (Å²) < 4.78 is 1.88. The standard InChI is InChI=1S/C17H23N5S/c1-3-4-5-8-18-17-21-16-14(15-19-10-20-22(15)17)12-9-11(2)6-7-13(12)23-16/h10-11H,3-9H2,1-2H3,(H,18,21)/t11-/m1/s1. The SMILES string of the molecule is CCCCCNc1nc2sc3c(c2c2ncnn12)C[C@H](C)CC3. The Morgan fingerprint density at radius 3 is 3.17 bits per heavy atom. The van der Waals surface area contributed by atoms with Crippen LogP contribution in [0.1, 0.15) is 50.0 Å². The van der Waals surface area contributed by atoms with Gasteiger partial charge in [-0.2, -0.15) is 9.61 Å². The van der Waals surface area contributed by atoms with E-state index in [-0.39, 0.29) is 0 Å². The van der Waals surface area contributed by atoms with Crippen molar-refractivity contribution in [3.8, 4) is 0 Å². The number of hydrogen-bond donors (Lipinski definition) is 1. The van der Waals surface area contributed by atoms with Gasteiger partial charge in [0.15, 0.2) is 5.65 Å². The Morgan fingerprint density at radius 1 is 1.39 bits per heavy atom. The number of nitrogens with one attached hydrogen (secondary N) is 1. The van der Waals surface area contributed by atoms with E-state index in [0.717, 1.165) is 41.7 Å². The Bertz CT molecular complexity index is 834. The van der Waals surface area contributed by atoms with Gasteiger partial charge in [0.2, 0.25) is 5.95 Å². The van der Waals surface area contributed by atoms with E-state index < -0.39 is 0 Å². The maximum absolute atomic E-state index is 4.87. The Morgan fingerprint density at radius 2 is 2.30 bits per heavy atom. The van der Waals surface area contributed by atoms with Crippen molar-refractivity contribution >= 4 is 33.1 Å². The molecule has 6 heteroatoms. The normalized spacial score (nSPS) is 17.7. The first-order valence-corrected chi connectivity index (χ1v) is 9.47. The van der Waals surface area contributed by atoms with Gasteiger partial charge in [0.1, 0.15) is 11.2 Å². The van der Waals surface area contributed by atoms with Gasteiger partial charge in [0.05, 0.1) is 5.39 Å². The van der Waals surface area contributed by atoms with Gasteiger partial charge in [-0.3, -0.25) is 0 Å². The lowest BCUT2D eigenvalue weighted by molar-refractivity contribution is 0.508. The van der Waals surface area contributed by atoms with Crippen molar-refractivity contribution in [1.82, 2.24) is 19.6 Å². The van der Waals surface area contributed by atoms with Crippen LogP contribution in [0.25, 0.3) is 15.9 Å². The van der Waals surface area contributed by atoms with Crippen LogP contribution in [0.4, 0.5) is 5.95 Å². The monoisotopic (exact) mass is 329 g/mol. The third-order valence-corrected chi connectivity index (χ3v) is 5.92. The summed E-state index contributed by atoms with van der Waals surface area (Å²) in [7, 11) is 0. The summed E-state index contributed by atoms with van der Waals surface area (Å²) in [5.74, 6) is 1.57. The van der Waals surface area contributed by atoms with E-state index in [1.165, 1.54) is 41.5 Å². The van der Waals surface area contributed by atoms with E-state index in [0.29, 0.717) is 0 Å². The molecule has 0 bridgehead atoms. The number of fused-ring (bicyclic) bond motifs is 5. The highest BCUT2D eigenvalue weighted by molar-refractivity contribution is 7.19. The van der Waals surface area contributed by atoms with Gasteiger partial charge in [-0.1, -0.05) is 26.7 Å². The minimum atomic E-state index is 0.745. The number of hydrogen-bond acceptors (Lipinski definition) is 5. The van der Waals surface area contributed by atoms with E-state index in [2.05, 4.69) is 29.2 Å². The van der Waals surface area contributed by atoms with Gasteiger partial charge in [0, 0.05) is 11.4 Å². The summed E-state index contributed by atoms with van der Waals surface area (Å²) in [6.07, 6.45) is 8.86. The number of unbranched alkanes of at least 4 members (excludes halogenated alkanes) is 2. The molecule has 3 heterocycles. The molecule has 0 aliphatic heterocycles. The van der Waals surface area contributed by atoms with Gasteiger partial charge >= 0.3 is 0 Å². The summed E-state index contributed by atoms with van der Waals surface area (Å²) in [5, 5.41) is 9.08. The van der Waals surface area contributed by atoms with Crippen molar-refractivity contribution in [2.24, 2.45) is 5.92 Å². The van der Waals surface area contributed by atoms with Gasteiger partial charge in [-0.05, 0) is 37.2 Å². The maximum atomic E-state index is 4.87. The molecular formula is C17H23N5S. The minimum absolute atomic E-state index is 0.745. The largest absolute Gasteiger partial charge is 0.354 e. The van der Waals surface area contributed by atoms with Crippen LogP contribution in [-0.2, 0) is 12.8 Å². The zero-order chi connectivity index (χ0) is 15.8. The highest BCUT2D eigenvalue weighted by Crippen LogP contribution is 2.39. The molecule has 0 spiro atoms. The molecule has 1 atom stereocenters. The number of thiophene rings is 1. The third kappa shape index (κ3) is 2.59. The van der Waals surface area contributed by atoms with Gasteiger partial charge in [-0.15, -0.1) is 11.3 Å². The lowest BCUT2D eigenvalue weighted by Gasteiger charge is -2.17. The summed E-state index contributed by atoms with van der Waals surface area (Å²) >= 11 is 1.85. The predicted molar refractivity (Wildman–Crippen MR) is 95.4 cm³/mol. The molecule has 0 fully saturated rings. The Hall–Kier alpha value is -1.69. The van der Waals surface area contributed by atoms with E-state index in [1.807, 2.05) is 15.9 Å². The Labute approximate surface area is 140 Å². The average molecular weight is 329 g/mol. The molecule has 3 aromatic rings. The van der Waals surface area contributed by atoms with Crippen LogP contribution in [0.15, 0.2) is 6.33 Å². The first-order chi connectivity index (χ1) is 11.3. The zero-order valence-electron chi connectivity index (χ0n) is 13.8. The molecular weight excluding hydrogens is 306 g/mol. The van der Waals surface area contributed by atoms with E-state index >= 15 is 0 Å². The molecule has 1 N–H and O–H groups in total. The van der Waals surface area contributed by atoms with Crippen LogP contribution in [-0.4, -0.2) is 26.1 Å². The molecule has 122 valence electrons. The van der Waals surface area contributed by atoms with Crippen LogP contribution < -0.4 is 5.32 Å². The summed E-state index contributed by atoms with van der Waals surface area (Å²) in [4.78, 5) is 12.0. The second kappa shape index (κ2) is 6.07. The number of anilines is 1. The first kappa shape index (κ1) is 14.9. The fourth-order valence-corrected chi connectivity index (χ4v) is 4.66. The van der Waals surface area contributed by atoms with E-state index in [9.17, 15) is 0 Å². The molecule has 23 heavy (non-hydrogen) atoms. The van der Waals surface area contributed by atoms with Crippen molar-refractivity contribution in [3.63, 3.8) is 0 Å². The average Bonchev–Trinajstić information content (AvgIpc) is 3.15. The van der Waals surface area contributed by atoms with Crippen molar-refractivity contribution in [2.45, 2.75) is 52.4 Å². The van der Waals surface area contributed by atoms with Crippen LogP contribution in [0.3, 0.4) is 0 Å². The second-order valence-corrected chi connectivity index (χ2v) is 7.68. The molecule has 1 aliphatic carbocycles. The van der Waals surface area contributed by atoms with Gasteiger partial charge in [-0.25, -0.2) is 9.97 Å². The highest BCUT2D eigenvalue weighted by Gasteiger charge is 2.24. The van der Waals surface area contributed by atoms with Crippen molar-refractivity contribution in [1.29, 1.82) is 0 Å². The summed E-state index contributed by atoms with van der Waals surface area (Å²) in [6.45, 7) is 5.49. The van der Waals surface area contributed by atoms with Crippen molar-refractivity contribution in [2.75, 3.05) is 11.9 Å². The molecule has 3 aromatic heterocycles. The third-order valence-electron chi connectivity index (χ3n) is 4.73. The van der Waals surface area contributed by atoms with Crippen LogP contribution in [0.5, 0.6) is 0 Å². The highest BCUT2D eigenvalue weighted by atomic mass is 32.1. The van der Waals surface area contributed by atoms with Crippen molar-refractivity contribution in [3.05, 3.63) is 16.8 Å². The zero-order valence-corrected chi connectivity index (χ0v) is 14.6. The maximum Gasteiger partial charge on any atom is 0.227 e.